The first-order valence-electron chi connectivity index (χ1n) is 4.37. The first-order chi connectivity index (χ1) is 6.37. The molecule has 0 atom stereocenters. The minimum atomic E-state index is -0.994. The second kappa shape index (κ2) is 3.56. The predicted molar refractivity (Wildman–Crippen MR) is 66.1 cm³/mol. The molecule has 0 aliphatic rings. The van der Waals surface area contributed by atoms with Gasteiger partial charge in [0.2, 0.25) is 0 Å². The van der Waals surface area contributed by atoms with Gasteiger partial charge in [0.05, 0.1) is 0 Å². The standard InChI is InChI=1S/C7H9B4FO2/c8-2-1(7(13)14)3(9)5(11)6(12)4(2)10/h8-11H2,(H,13,14). The molecule has 1 rings (SSSR count). The van der Waals surface area contributed by atoms with Gasteiger partial charge in [0, 0.05) is 5.56 Å². The molecule has 2 nitrogen and oxygen atoms in total. The van der Waals surface area contributed by atoms with E-state index in [1.54, 1.807) is 31.4 Å². The SMILES string of the molecule is Bc1c(B)c(C(=O)O)c(B)c(B)c1F. The van der Waals surface area contributed by atoms with Gasteiger partial charge in [0.15, 0.2) is 0 Å². The summed E-state index contributed by atoms with van der Waals surface area (Å²) in [7, 11) is 6.47. The second-order valence-electron chi connectivity index (χ2n) is 3.49. The zero-order valence-corrected chi connectivity index (χ0v) is 8.73. The Kier molecular flexibility index (Phi) is 2.78. The number of carbonyl (C=O) groups is 1. The molecule has 0 unspecified atom stereocenters. The van der Waals surface area contributed by atoms with E-state index in [0.29, 0.717) is 21.9 Å². The van der Waals surface area contributed by atoms with Crippen molar-refractivity contribution in [1.82, 2.24) is 0 Å². The minimum absolute atomic E-state index is 0.224. The van der Waals surface area contributed by atoms with E-state index in [2.05, 4.69) is 0 Å². The zero-order chi connectivity index (χ0) is 11.0. The maximum atomic E-state index is 13.5. The molecule has 0 fully saturated rings. The van der Waals surface area contributed by atoms with Gasteiger partial charge in [-0.05, 0) is 0 Å². The lowest BCUT2D eigenvalue weighted by molar-refractivity contribution is 0.0700. The number of carboxylic acid groups (broad SMARTS) is 1. The average Bonchev–Trinajstić information content (AvgIpc) is 2.11. The van der Waals surface area contributed by atoms with Crippen LogP contribution in [-0.2, 0) is 0 Å². The van der Waals surface area contributed by atoms with Crippen molar-refractivity contribution in [1.29, 1.82) is 0 Å². The van der Waals surface area contributed by atoms with Gasteiger partial charge in [-0.1, -0.05) is 21.9 Å². The smallest absolute Gasteiger partial charge is 0.334 e. The molecule has 1 N–H and O–H groups in total. The average molecular weight is 187 g/mol. The van der Waals surface area contributed by atoms with Gasteiger partial charge in [-0.25, -0.2) is 9.18 Å². The molecule has 0 aromatic heterocycles. The van der Waals surface area contributed by atoms with Crippen LogP contribution in [-0.4, -0.2) is 42.5 Å². The third-order valence-corrected chi connectivity index (χ3v) is 2.75. The molecule has 14 heavy (non-hydrogen) atoms. The van der Waals surface area contributed by atoms with E-state index in [9.17, 15) is 9.18 Å². The number of hydrogen-bond acceptors (Lipinski definition) is 1. The highest BCUT2D eigenvalue weighted by Crippen LogP contribution is 1.90. The van der Waals surface area contributed by atoms with E-state index in [1.165, 1.54) is 0 Å². The molecule has 1 aromatic rings. The number of rotatable bonds is 1. The number of aromatic carboxylic acids is 1. The van der Waals surface area contributed by atoms with Gasteiger partial charge in [0.25, 0.3) is 0 Å². The topological polar surface area (TPSA) is 37.3 Å². The highest BCUT2D eigenvalue weighted by Gasteiger charge is 2.17. The largest absolute Gasteiger partial charge is 0.478 e. The molecule has 0 saturated heterocycles. The summed E-state index contributed by atoms with van der Waals surface area (Å²) >= 11 is 0. The van der Waals surface area contributed by atoms with E-state index in [4.69, 9.17) is 5.11 Å². The Hall–Kier alpha value is -1.12. The number of halogens is 1. The molecule has 0 saturated carbocycles. The van der Waals surface area contributed by atoms with Crippen molar-refractivity contribution in [2.45, 2.75) is 0 Å². The van der Waals surface area contributed by atoms with Crippen molar-refractivity contribution in [3.05, 3.63) is 11.4 Å². The van der Waals surface area contributed by atoms with Crippen molar-refractivity contribution in [2.24, 2.45) is 0 Å². The molecule has 0 aliphatic carbocycles. The fraction of sp³-hybridized carbons (Fsp3) is 0. The van der Waals surface area contributed by atoms with Crippen molar-refractivity contribution in [3.63, 3.8) is 0 Å². The summed E-state index contributed by atoms with van der Waals surface area (Å²) in [6.45, 7) is 0. The Morgan fingerprint density at radius 3 is 1.64 bits per heavy atom. The number of hydrogen-bond donors (Lipinski definition) is 1. The fourth-order valence-electron chi connectivity index (χ4n) is 1.59. The van der Waals surface area contributed by atoms with Crippen LogP contribution < -0.4 is 21.9 Å². The first kappa shape index (κ1) is 11.0. The van der Waals surface area contributed by atoms with Crippen LogP contribution in [0.25, 0.3) is 0 Å². The molecule has 0 aliphatic heterocycles. The molecule has 0 amide bonds. The van der Waals surface area contributed by atoms with Crippen molar-refractivity contribution in [3.8, 4) is 0 Å². The van der Waals surface area contributed by atoms with Gasteiger partial charge in [0.1, 0.15) is 37.2 Å². The van der Waals surface area contributed by atoms with Crippen LogP contribution in [0.5, 0.6) is 0 Å². The monoisotopic (exact) mass is 188 g/mol. The van der Waals surface area contributed by atoms with Crippen LogP contribution in [0.4, 0.5) is 4.39 Å². The van der Waals surface area contributed by atoms with Crippen LogP contribution in [0.3, 0.4) is 0 Å². The molecule has 68 valence electrons. The Morgan fingerprint density at radius 2 is 1.36 bits per heavy atom. The Morgan fingerprint density at radius 1 is 1.00 bits per heavy atom. The van der Waals surface area contributed by atoms with E-state index < -0.39 is 5.97 Å². The highest BCUT2D eigenvalue weighted by molar-refractivity contribution is 6.59. The number of carboxylic acids is 1. The molecule has 0 radical (unpaired) electrons. The van der Waals surface area contributed by atoms with Crippen LogP contribution in [0.2, 0.25) is 0 Å². The van der Waals surface area contributed by atoms with Gasteiger partial charge in [-0.2, -0.15) is 0 Å². The minimum Gasteiger partial charge on any atom is -0.478 e. The fourth-order valence-corrected chi connectivity index (χ4v) is 1.59. The van der Waals surface area contributed by atoms with Crippen LogP contribution in [0.15, 0.2) is 0 Å². The third-order valence-electron chi connectivity index (χ3n) is 2.75. The number of benzene rings is 1. The highest BCUT2D eigenvalue weighted by atomic mass is 19.1. The summed E-state index contributed by atoms with van der Waals surface area (Å²) in [6.07, 6.45) is 0. The van der Waals surface area contributed by atoms with Crippen molar-refractivity contribution in [2.75, 3.05) is 0 Å². The maximum absolute atomic E-state index is 13.5. The van der Waals surface area contributed by atoms with Crippen molar-refractivity contribution >= 4 is 59.2 Å². The second-order valence-corrected chi connectivity index (χ2v) is 3.49. The Labute approximate surface area is 85.5 Å². The lowest BCUT2D eigenvalue weighted by Crippen LogP contribution is -2.48. The lowest BCUT2D eigenvalue weighted by atomic mass is 9.67. The summed E-state index contributed by atoms with van der Waals surface area (Å²) < 4.78 is 13.5. The molecule has 0 heterocycles. The normalized spacial score (nSPS) is 10.1. The third kappa shape index (κ3) is 1.47. The zero-order valence-electron chi connectivity index (χ0n) is 8.73. The van der Waals surface area contributed by atoms with Crippen LogP contribution in [0, 0.1) is 5.82 Å². The van der Waals surface area contributed by atoms with Crippen LogP contribution >= 0.6 is 0 Å². The molecule has 0 bridgehead atoms. The Bertz CT molecular complexity index is 390. The van der Waals surface area contributed by atoms with E-state index >= 15 is 0 Å². The first-order valence-corrected chi connectivity index (χ1v) is 4.37. The summed E-state index contributed by atoms with van der Waals surface area (Å²) in [4.78, 5) is 10.9. The molecule has 1 aromatic carbocycles. The van der Waals surface area contributed by atoms with Crippen molar-refractivity contribution < 1.29 is 14.3 Å². The van der Waals surface area contributed by atoms with E-state index in [0.717, 1.165) is 0 Å². The van der Waals surface area contributed by atoms with E-state index in [1.807, 2.05) is 0 Å². The molecule has 0 spiro atoms. The van der Waals surface area contributed by atoms with Gasteiger partial charge in [-0.3, -0.25) is 0 Å². The molecular weight excluding hydrogens is 178 g/mol. The Balaban J connectivity index is 3.68. The molecule has 7 heteroatoms. The predicted octanol–water partition coefficient (Wildman–Crippen LogP) is -5.44. The van der Waals surface area contributed by atoms with E-state index in [-0.39, 0.29) is 11.4 Å². The van der Waals surface area contributed by atoms with Gasteiger partial charge >= 0.3 is 5.97 Å². The lowest BCUT2D eigenvalue weighted by Gasteiger charge is -2.14. The quantitative estimate of drug-likeness (QED) is 0.446. The van der Waals surface area contributed by atoms with Gasteiger partial charge in [-0.15, -0.1) is 0 Å². The summed E-state index contributed by atoms with van der Waals surface area (Å²) in [5, 5.41) is 8.96. The summed E-state index contributed by atoms with van der Waals surface area (Å²) in [5.41, 5.74) is 2.09. The van der Waals surface area contributed by atoms with Crippen LogP contribution in [0.1, 0.15) is 10.4 Å². The van der Waals surface area contributed by atoms with Gasteiger partial charge < -0.3 is 5.11 Å². The maximum Gasteiger partial charge on any atom is 0.334 e. The molecular formula is C7H9B4FO2. The summed E-state index contributed by atoms with van der Waals surface area (Å²) in [6, 6.07) is 0. The summed E-state index contributed by atoms with van der Waals surface area (Å²) in [5.74, 6) is -1.30.